The Morgan fingerprint density at radius 3 is 1.50 bits per heavy atom. The minimum Gasteiger partial charge on any atom is -0.411 e. The summed E-state index contributed by atoms with van der Waals surface area (Å²) in [5, 5.41) is 30.4. The molecule has 7 heteroatoms. The van der Waals surface area contributed by atoms with E-state index in [9.17, 15) is 0 Å². The van der Waals surface area contributed by atoms with Crippen molar-refractivity contribution in [1.29, 1.82) is 0 Å². The maximum atomic E-state index is 8.70. The molecule has 0 aliphatic carbocycles. The second-order valence-electron chi connectivity index (χ2n) is 5.85. The third-order valence-electron chi connectivity index (χ3n) is 3.34. The molecule has 0 unspecified atom stereocenters. The van der Waals surface area contributed by atoms with Gasteiger partial charge in [-0.15, -0.1) is 0 Å². The molecule has 0 rings (SSSR count). The van der Waals surface area contributed by atoms with Gasteiger partial charge in [-0.1, -0.05) is 24.2 Å². The van der Waals surface area contributed by atoms with E-state index in [2.05, 4.69) is 34.8 Å². The fraction of sp³-hybridized carbons (Fsp3) is 0.846. The van der Waals surface area contributed by atoms with Gasteiger partial charge in [0.2, 0.25) is 0 Å². The Labute approximate surface area is 135 Å². The normalized spacial score (nSPS) is 16.5. The monoisotopic (exact) mass is 371 g/mol. The number of nitrogens with one attached hydrogen (secondary N) is 2. The van der Waals surface area contributed by atoms with Crippen LogP contribution >= 0.6 is 0 Å². The van der Waals surface area contributed by atoms with Gasteiger partial charge < -0.3 is 21.0 Å². The van der Waals surface area contributed by atoms with E-state index in [1.807, 2.05) is 13.8 Å². The van der Waals surface area contributed by atoms with E-state index < -0.39 is 0 Å². The Morgan fingerprint density at radius 2 is 1.25 bits per heavy atom. The van der Waals surface area contributed by atoms with E-state index in [-0.39, 0.29) is 37.6 Å². The third-order valence-corrected chi connectivity index (χ3v) is 3.34. The van der Waals surface area contributed by atoms with Crippen LogP contribution in [0.25, 0.3) is 0 Å². The minimum atomic E-state index is 0. The van der Waals surface area contributed by atoms with Crippen molar-refractivity contribution < 1.29 is 30.5 Å². The molecular formula is C13H28N4O2Tc. The van der Waals surface area contributed by atoms with Crippen molar-refractivity contribution in [3.63, 3.8) is 0 Å². The molecule has 20 heavy (non-hydrogen) atoms. The molecule has 0 saturated carbocycles. The van der Waals surface area contributed by atoms with Gasteiger partial charge in [-0.2, -0.15) is 0 Å². The zero-order valence-corrected chi connectivity index (χ0v) is 15.1. The summed E-state index contributed by atoms with van der Waals surface area (Å²) in [5.41, 5.74) is 1.37. The number of oxime groups is 2. The molecule has 2 atom stereocenters. The zero-order valence-electron chi connectivity index (χ0n) is 13.2. The zero-order chi connectivity index (χ0) is 15.1. The van der Waals surface area contributed by atoms with E-state index >= 15 is 0 Å². The molecule has 0 saturated heterocycles. The first-order valence-corrected chi connectivity index (χ1v) is 6.57. The Balaban J connectivity index is 0. The molecule has 0 fully saturated rings. The molecule has 1 radical (unpaired) electrons. The maximum Gasteiger partial charge on any atom is 0.0706 e. The van der Waals surface area contributed by atoms with Crippen LogP contribution < -0.4 is 10.6 Å². The van der Waals surface area contributed by atoms with Gasteiger partial charge in [-0.05, 0) is 33.1 Å². The summed E-state index contributed by atoms with van der Waals surface area (Å²) in [7, 11) is 0. The van der Waals surface area contributed by atoms with Gasteiger partial charge in [-0.25, -0.2) is 0 Å². The van der Waals surface area contributed by atoms with Crippen LogP contribution in [0, 0.1) is 5.41 Å². The van der Waals surface area contributed by atoms with E-state index in [0.717, 1.165) is 13.1 Å². The summed E-state index contributed by atoms with van der Waals surface area (Å²) < 4.78 is 0. The molecule has 6 nitrogen and oxygen atoms in total. The molecule has 0 amide bonds. The Hall–Kier alpha value is -0.491. The molecule has 0 aromatic rings. The van der Waals surface area contributed by atoms with Crippen molar-refractivity contribution in [2.45, 2.75) is 53.6 Å². The van der Waals surface area contributed by atoms with Crippen LogP contribution in [0.15, 0.2) is 10.3 Å². The molecule has 4 N–H and O–H groups in total. The number of nitrogens with zero attached hydrogens (tertiary/aromatic N) is 2. The summed E-state index contributed by atoms with van der Waals surface area (Å²) in [5.74, 6) is 0. The van der Waals surface area contributed by atoms with Crippen LogP contribution in [-0.4, -0.2) is 47.0 Å². The topological polar surface area (TPSA) is 89.2 Å². The molecule has 0 bridgehead atoms. The van der Waals surface area contributed by atoms with Gasteiger partial charge in [0.25, 0.3) is 0 Å². The smallest absolute Gasteiger partial charge is 0.0706 e. The number of hydrogen-bond acceptors (Lipinski definition) is 6. The van der Waals surface area contributed by atoms with E-state index in [4.69, 9.17) is 10.4 Å². The molecule has 0 spiro atoms. The molecule has 0 aromatic carbocycles. The SMILES string of the molecule is C/C(=N\O)[C@@H](C)NCC(C)(C)CN[C@H](C)/C(C)=N/O.[99Tc]. The average Bonchev–Trinajstić information content (AvgIpc) is 2.40. The van der Waals surface area contributed by atoms with Gasteiger partial charge >= 0.3 is 0 Å². The number of rotatable bonds is 8. The molecule has 0 aromatic heterocycles. The van der Waals surface area contributed by atoms with Crippen LogP contribution in [-0.2, 0) is 20.1 Å². The van der Waals surface area contributed by atoms with Crippen molar-refractivity contribution in [1.82, 2.24) is 10.6 Å². The second-order valence-corrected chi connectivity index (χ2v) is 5.85. The first-order chi connectivity index (χ1) is 8.73. The Morgan fingerprint density at radius 1 is 0.950 bits per heavy atom. The fourth-order valence-corrected chi connectivity index (χ4v) is 1.39. The van der Waals surface area contributed by atoms with E-state index in [1.54, 1.807) is 13.8 Å². The van der Waals surface area contributed by atoms with Gasteiger partial charge in [0.05, 0.1) is 11.4 Å². The van der Waals surface area contributed by atoms with Crippen molar-refractivity contribution in [3.8, 4) is 0 Å². The summed E-state index contributed by atoms with van der Waals surface area (Å²) >= 11 is 0. The maximum absolute atomic E-state index is 8.70. The average molecular weight is 371 g/mol. The first kappa shape index (κ1) is 21.8. The standard InChI is InChI=1S/C13H28N4O2.Tc/c1-9(11(3)16-18)14-7-13(5,6)8-15-10(2)12(4)17-19;/h9-10,14-15,18-19H,7-8H2,1-6H3;/b16-11+,17-12+;/t9-,10-;/m1./s1/i;1+1. The van der Waals surface area contributed by atoms with Crippen LogP contribution in [0.3, 0.4) is 0 Å². The largest absolute Gasteiger partial charge is 0.411 e. The van der Waals surface area contributed by atoms with Crippen LogP contribution in [0.2, 0.25) is 0 Å². The minimum absolute atomic E-state index is 0. The Kier molecular flexibility index (Phi) is 11.2. The molecule has 0 heterocycles. The predicted octanol–water partition coefficient (Wildman–Crippen LogP) is 1.67. The summed E-state index contributed by atoms with van der Waals surface area (Å²) in [4.78, 5) is 0. The van der Waals surface area contributed by atoms with E-state index in [0.29, 0.717) is 11.4 Å². The van der Waals surface area contributed by atoms with Crippen molar-refractivity contribution in [2.24, 2.45) is 15.7 Å². The molecule has 0 aliphatic heterocycles. The molecule has 0 aliphatic rings. The quantitative estimate of drug-likeness (QED) is 0.297. The summed E-state index contributed by atoms with van der Waals surface area (Å²) in [6, 6.07) is 0.0878. The van der Waals surface area contributed by atoms with Crippen molar-refractivity contribution in [2.75, 3.05) is 13.1 Å². The van der Waals surface area contributed by atoms with Gasteiger partial charge in [0.15, 0.2) is 0 Å². The molecule has 119 valence electrons. The first-order valence-electron chi connectivity index (χ1n) is 6.57. The van der Waals surface area contributed by atoms with Crippen molar-refractivity contribution >= 4 is 11.4 Å². The van der Waals surface area contributed by atoms with Crippen LogP contribution in [0.4, 0.5) is 0 Å². The van der Waals surface area contributed by atoms with Crippen molar-refractivity contribution in [3.05, 3.63) is 0 Å². The van der Waals surface area contributed by atoms with Gasteiger partial charge in [0, 0.05) is 45.3 Å². The van der Waals surface area contributed by atoms with Crippen LogP contribution in [0.5, 0.6) is 0 Å². The van der Waals surface area contributed by atoms with Gasteiger partial charge in [0.1, 0.15) is 0 Å². The summed E-state index contributed by atoms with van der Waals surface area (Å²) in [6.45, 7) is 13.4. The number of hydrogen-bond donors (Lipinski definition) is 4. The third kappa shape index (κ3) is 8.63. The van der Waals surface area contributed by atoms with E-state index in [1.165, 1.54) is 0 Å². The molecular weight excluding hydrogens is 343 g/mol. The predicted molar refractivity (Wildman–Crippen MR) is 78.5 cm³/mol. The van der Waals surface area contributed by atoms with Crippen LogP contribution in [0.1, 0.15) is 41.5 Å². The fourth-order valence-electron chi connectivity index (χ4n) is 1.39. The summed E-state index contributed by atoms with van der Waals surface area (Å²) in [6.07, 6.45) is 0. The Bertz CT molecular complexity index is 302. The van der Waals surface area contributed by atoms with Gasteiger partial charge in [-0.3, -0.25) is 0 Å². The second kappa shape index (κ2) is 10.3.